The van der Waals surface area contributed by atoms with Crippen LogP contribution in [0, 0.1) is 5.92 Å². The number of hydrogen-bond acceptors (Lipinski definition) is 3. The molecule has 0 aromatic heterocycles. The van der Waals surface area contributed by atoms with E-state index in [0.717, 1.165) is 10.6 Å². The number of carbonyl (C=O) groups is 1. The van der Waals surface area contributed by atoms with Crippen LogP contribution < -0.4 is 9.62 Å². The predicted molar refractivity (Wildman–Crippen MR) is 90.7 cm³/mol. The van der Waals surface area contributed by atoms with Gasteiger partial charge in [0.2, 0.25) is 15.9 Å². The van der Waals surface area contributed by atoms with E-state index in [1.54, 1.807) is 25.1 Å². The third kappa shape index (κ3) is 4.88. The van der Waals surface area contributed by atoms with Crippen LogP contribution in [-0.2, 0) is 14.8 Å². The molecule has 124 valence electrons. The van der Waals surface area contributed by atoms with Crippen molar-refractivity contribution in [3.63, 3.8) is 0 Å². The lowest BCUT2D eigenvalue weighted by molar-refractivity contribution is -0.122. The van der Waals surface area contributed by atoms with Crippen LogP contribution in [-0.4, -0.2) is 32.7 Å². The number of sulfonamides is 1. The van der Waals surface area contributed by atoms with Gasteiger partial charge in [0.25, 0.3) is 0 Å². The fourth-order valence-corrected chi connectivity index (χ4v) is 3.28. The Morgan fingerprint density at radius 2 is 1.82 bits per heavy atom. The first-order valence-electron chi connectivity index (χ1n) is 7.09. The average Bonchev–Trinajstić information content (AvgIpc) is 2.36. The first-order chi connectivity index (χ1) is 10.0. The van der Waals surface area contributed by atoms with Gasteiger partial charge >= 0.3 is 0 Å². The van der Waals surface area contributed by atoms with Crippen molar-refractivity contribution in [2.75, 3.05) is 10.6 Å². The number of amides is 1. The van der Waals surface area contributed by atoms with Crippen LogP contribution in [0.1, 0.15) is 27.7 Å². The van der Waals surface area contributed by atoms with Gasteiger partial charge < -0.3 is 5.32 Å². The molecular weight excluding hydrogens is 324 g/mol. The number of nitrogens with zero attached hydrogens (tertiary/aromatic N) is 1. The number of halogens is 1. The average molecular weight is 347 g/mol. The van der Waals surface area contributed by atoms with E-state index in [-0.39, 0.29) is 17.9 Å². The molecule has 1 aromatic carbocycles. The zero-order chi connectivity index (χ0) is 17.1. The van der Waals surface area contributed by atoms with Crippen LogP contribution in [0.3, 0.4) is 0 Å². The minimum atomic E-state index is -3.62. The number of nitrogens with one attached hydrogen (secondary N) is 1. The summed E-state index contributed by atoms with van der Waals surface area (Å²) in [7, 11) is -3.62. The Bertz CT molecular complexity index is 631. The summed E-state index contributed by atoms with van der Waals surface area (Å²) in [5, 5.41) is 3.25. The molecule has 0 saturated heterocycles. The molecule has 0 spiro atoms. The molecule has 0 radical (unpaired) electrons. The van der Waals surface area contributed by atoms with Gasteiger partial charge in [-0.15, -0.1) is 0 Å². The van der Waals surface area contributed by atoms with Crippen LogP contribution in [0.5, 0.6) is 0 Å². The van der Waals surface area contributed by atoms with Crippen LogP contribution in [0.2, 0.25) is 5.02 Å². The summed E-state index contributed by atoms with van der Waals surface area (Å²) in [5.41, 5.74) is 0.370. The first kappa shape index (κ1) is 18.8. The Morgan fingerprint density at radius 3 is 2.27 bits per heavy atom. The van der Waals surface area contributed by atoms with Crippen molar-refractivity contribution in [3.8, 4) is 0 Å². The van der Waals surface area contributed by atoms with E-state index in [0.29, 0.717) is 10.7 Å². The molecule has 0 saturated carbocycles. The highest BCUT2D eigenvalue weighted by Gasteiger charge is 2.30. The van der Waals surface area contributed by atoms with E-state index in [1.165, 1.54) is 6.07 Å². The van der Waals surface area contributed by atoms with E-state index in [4.69, 9.17) is 11.6 Å². The maximum atomic E-state index is 12.4. The van der Waals surface area contributed by atoms with Crippen molar-refractivity contribution >= 4 is 33.2 Å². The largest absolute Gasteiger partial charge is 0.352 e. The summed E-state index contributed by atoms with van der Waals surface area (Å²) in [6, 6.07) is 5.53. The Morgan fingerprint density at radius 1 is 1.23 bits per heavy atom. The highest BCUT2D eigenvalue weighted by molar-refractivity contribution is 7.92. The second-order valence-corrected chi connectivity index (χ2v) is 8.05. The van der Waals surface area contributed by atoms with Crippen LogP contribution in [0.25, 0.3) is 0 Å². The second-order valence-electron chi connectivity index (χ2n) is 5.76. The SMILES string of the molecule is CC(C)[C@@H](C)NC(=O)[C@@H](C)N(c1cccc(Cl)c1)S(C)(=O)=O. The first-order valence-corrected chi connectivity index (χ1v) is 9.32. The van der Waals surface area contributed by atoms with Gasteiger partial charge in [-0.1, -0.05) is 31.5 Å². The molecule has 0 aliphatic carbocycles. The summed E-state index contributed by atoms with van der Waals surface area (Å²) in [6.45, 7) is 7.42. The zero-order valence-corrected chi connectivity index (χ0v) is 15.1. The molecule has 2 atom stereocenters. The second kappa shape index (κ2) is 7.33. The van der Waals surface area contributed by atoms with Crippen molar-refractivity contribution in [3.05, 3.63) is 29.3 Å². The van der Waals surface area contributed by atoms with Gasteiger partial charge in [0, 0.05) is 11.1 Å². The standard InChI is InChI=1S/C15H23ClN2O3S/c1-10(2)11(3)17-15(19)12(4)18(22(5,20)21)14-8-6-7-13(16)9-14/h6-12H,1-5H3,(H,17,19)/t11-,12-/m1/s1. The Kier molecular flexibility index (Phi) is 6.26. The van der Waals surface area contributed by atoms with Crippen molar-refractivity contribution in [2.24, 2.45) is 5.92 Å². The molecule has 0 heterocycles. The lowest BCUT2D eigenvalue weighted by atomic mass is 10.1. The van der Waals surface area contributed by atoms with Gasteiger partial charge in [-0.3, -0.25) is 9.10 Å². The van der Waals surface area contributed by atoms with Crippen molar-refractivity contribution in [1.82, 2.24) is 5.32 Å². The molecule has 1 N–H and O–H groups in total. The minimum Gasteiger partial charge on any atom is -0.352 e. The predicted octanol–water partition coefficient (Wildman–Crippen LogP) is 2.66. The van der Waals surface area contributed by atoms with Crippen molar-refractivity contribution in [2.45, 2.75) is 39.8 Å². The van der Waals surface area contributed by atoms with E-state index >= 15 is 0 Å². The van der Waals surface area contributed by atoms with Gasteiger partial charge in [0.1, 0.15) is 6.04 Å². The fraction of sp³-hybridized carbons (Fsp3) is 0.533. The quantitative estimate of drug-likeness (QED) is 0.861. The van der Waals surface area contributed by atoms with E-state index in [9.17, 15) is 13.2 Å². The zero-order valence-electron chi connectivity index (χ0n) is 13.5. The molecule has 1 rings (SSSR count). The van der Waals surface area contributed by atoms with Gasteiger partial charge in [0.15, 0.2) is 0 Å². The molecule has 0 unspecified atom stereocenters. The van der Waals surface area contributed by atoms with Gasteiger partial charge in [-0.2, -0.15) is 0 Å². The summed E-state index contributed by atoms with van der Waals surface area (Å²) >= 11 is 5.93. The Hall–Kier alpha value is -1.27. The molecule has 7 heteroatoms. The third-order valence-electron chi connectivity index (χ3n) is 3.52. The normalized spacial score (nSPS) is 14.5. The van der Waals surface area contributed by atoms with E-state index < -0.39 is 16.1 Å². The lowest BCUT2D eigenvalue weighted by Crippen LogP contribution is -2.50. The number of hydrogen-bond donors (Lipinski definition) is 1. The molecule has 1 aromatic rings. The Balaban J connectivity index is 3.11. The Labute approximate surface area is 137 Å². The van der Waals surface area contributed by atoms with Crippen molar-refractivity contribution in [1.29, 1.82) is 0 Å². The third-order valence-corrected chi connectivity index (χ3v) is 5.00. The monoisotopic (exact) mass is 346 g/mol. The maximum Gasteiger partial charge on any atom is 0.243 e. The molecule has 0 fully saturated rings. The summed E-state index contributed by atoms with van der Waals surface area (Å²) < 4.78 is 25.3. The molecule has 22 heavy (non-hydrogen) atoms. The highest BCUT2D eigenvalue weighted by Crippen LogP contribution is 2.24. The summed E-state index contributed by atoms with van der Waals surface area (Å²) in [5.74, 6) is -0.0828. The summed E-state index contributed by atoms with van der Waals surface area (Å²) in [6.07, 6.45) is 1.07. The molecule has 0 bridgehead atoms. The number of anilines is 1. The van der Waals surface area contributed by atoms with Crippen LogP contribution in [0.15, 0.2) is 24.3 Å². The number of benzene rings is 1. The van der Waals surface area contributed by atoms with Crippen LogP contribution in [0.4, 0.5) is 5.69 Å². The highest BCUT2D eigenvalue weighted by atomic mass is 35.5. The van der Waals surface area contributed by atoms with Gasteiger partial charge in [-0.25, -0.2) is 8.42 Å². The topological polar surface area (TPSA) is 66.5 Å². The molecule has 0 aliphatic rings. The smallest absolute Gasteiger partial charge is 0.243 e. The van der Waals surface area contributed by atoms with E-state index in [1.807, 2.05) is 20.8 Å². The number of carbonyl (C=O) groups excluding carboxylic acids is 1. The van der Waals surface area contributed by atoms with Gasteiger partial charge in [0.05, 0.1) is 11.9 Å². The van der Waals surface area contributed by atoms with Gasteiger partial charge in [-0.05, 0) is 38.0 Å². The van der Waals surface area contributed by atoms with Crippen LogP contribution >= 0.6 is 11.6 Å². The maximum absolute atomic E-state index is 12.4. The fourth-order valence-electron chi connectivity index (χ4n) is 1.93. The molecular formula is C15H23ClN2O3S. The van der Waals surface area contributed by atoms with Crippen molar-refractivity contribution < 1.29 is 13.2 Å². The molecule has 5 nitrogen and oxygen atoms in total. The summed E-state index contributed by atoms with van der Waals surface area (Å²) in [4.78, 5) is 12.4. The lowest BCUT2D eigenvalue weighted by Gasteiger charge is -2.30. The number of rotatable bonds is 6. The van der Waals surface area contributed by atoms with E-state index in [2.05, 4.69) is 5.32 Å². The minimum absolute atomic E-state index is 0.0456. The molecule has 1 amide bonds. The molecule has 0 aliphatic heterocycles.